The van der Waals surface area contributed by atoms with Crippen molar-refractivity contribution in [3.63, 3.8) is 0 Å². The highest BCUT2D eigenvalue weighted by atomic mass is 32.1. The van der Waals surface area contributed by atoms with Gasteiger partial charge in [0.2, 0.25) is 5.91 Å². The minimum Gasteiger partial charge on any atom is -0.348 e. The molecule has 0 atom stereocenters. The van der Waals surface area contributed by atoms with Gasteiger partial charge in [-0.1, -0.05) is 12.1 Å². The van der Waals surface area contributed by atoms with E-state index in [9.17, 15) is 4.79 Å². The number of nitrogens with zero attached hydrogens (tertiary/aromatic N) is 5. The average molecular weight is 308 g/mol. The van der Waals surface area contributed by atoms with Crippen molar-refractivity contribution in [3.05, 3.63) is 28.0 Å². The van der Waals surface area contributed by atoms with Gasteiger partial charge in [-0.25, -0.2) is 9.67 Å². The Morgan fingerprint density at radius 1 is 1.43 bits per heavy atom. The van der Waals surface area contributed by atoms with Gasteiger partial charge in [0.15, 0.2) is 0 Å². The summed E-state index contributed by atoms with van der Waals surface area (Å²) in [4.78, 5) is 17.7. The lowest BCUT2D eigenvalue weighted by atomic mass is 10.4. The Bertz CT molecular complexity index is 591. The van der Waals surface area contributed by atoms with Crippen LogP contribution in [0.4, 0.5) is 0 Å². The van der Waals surface area contributed by atoms with Crippen LogP contribution in [0.25, 0.3) is 0 Å². The Labute approximate surface area is 128 Å². The molecule has 0 unspecified atom stereocenters. The van der Waals surface area contributed by atoms with Crippen LogP contribution in [0.3, 0.4) is 0 Å². The molecule has 1 amide bonds. The van der Waals surface area contributed by atoms with Gasteiger partial charge in [-0.15, -0.1) is 16.4 Å². The molecule has 0 aromatic carbocycles. The highest BCUT2D eigenvalue weighted by molar-refractivity contribution is 7.09. The van der Waals surface area contributed by atoms with Gasteiger partial charge in [-0.3, -0.25) is 4.79 Å². The standard InChI is InChI=1S/C13H20N6OS/c1-4-14-6-10-7-19(17-16-10)8-11-9-21-12(15-11)5-13(20)18(2)3/h7,9,14H,4-6,8H2,1-3H3. The second-order valence-electron chi connectivity index (χ2n) is 4.89. The molecule has 2 aromatic heterocycles. The molecule has 0 aliphatic rings. The number of carbonyl (C=O) groups is 1. The molecular formula is C13H20N6OS. The maximum absolute atomic E-state index is 11.6. The average Bonchev–Trinajstić information content (AvgIpc) is 3.06. The van der Waals surface area contributed by atoms with Crippen molar-refractivity contribution >= 4 is 17.2 Å². The van der Waals surface area contributed by atoms with Crippen LogP contribution in [0.2, 0.25) is 0 Å². The summed E-state index contributed by atoms with van der Waals surface area (Å²) in [5.74, 6) is 0.0598. The van der Waals surface area contributed by atoms with E-state index in [4.69, 9.17) is 0 Å². The lowest BCUT2D eigenvalue weighted by Gasteiger charge is -2.07. The van der Waals surface area contributed by atoms with Gasteiger partial charge in [-0.2, -0.15) is 0 Å². The Balaban J connectivity index is 1.93. The van der Waals surface area contributed by atoms with Gasteiger partial charge in [0.1, 0.15) is 5.01 Å². The number of hydrogen-bond acceptors (Lipinski definition) is 6. The molecule has 2 rings (SSSR count). The van der Waals surface area contributed by atoms with Crippen LogP contribution >= 0.6 is 11.3 Å². The molecule has 0 saturated carbocycles. The van der Waals surface area contributed by atoms with Crippen LogP contribution in [-0.4, -0.2) is 51.4 Å². The monoisotopic (exact) mass is 308 g/mol. The van der Waals surface area contributed by atoms with Crippen molar-refractivity contribution in [3.8, 4) is 0 Å². The molecule has 21 heavy (non-hydrogen) atoms. The van der Waals surface area contributed by atoms with E-state index in [0.29, 0.717) is 13.0 Å². The molecule has 2 heterocycles. The van der Waals surface area contributed by atoms with Gasteiger partial charge < -0.3 is 10.2 Å². The molecule has 0 spiro atoms. The first-order valence-corrected chi connectivity index (χ1v) is 7.69. The summed E-state index contributed by atoms with van der Waals surface area (Å²) in [7, 11) is 3.50. The summed E-state index contributed by atoms with van der Waals surface area (Å²) in [5.41, 5.74) is 1.82. The van der Waals surface area contributed by atoms with E-state index in [-0.39, 0.29) is 5.91 Å². The SMILES string of the molecule is CCNCc1cn(Cc2csc(CC(=O)N(C)C)n2)nn1. The normalized spacial score (nSPS) is 10.8. The van der Waals surface area contributed by atoms with Gasteiger partial charge in [-0.05, 0) is 6.54 Å². The zero-order valence-electron chi connectivity index (χ0n) is 12.5. The number of rotatable bonds is 7. The third kappa shape index (κ3) is 4.61. The van der Waals surface area contributed by atoms with Gasteiger partial charge in [0, 0.05) is 26.0 Å². The number of hydrogen-bond donors (Lipinski definition) is 1. The number of nitrogens with one attached hydrogen (secondary N) is 1. The van der Waals surface area contributed by atoms with Crippen LogP contribution in [0.15, 0.2) is 11.6 Å². The Hall–Kier alpha value is -1.80. The third-order valence-electron chi connectivity index (χ3n) is 2.87. The molecule has 114 valence electrons. The molecule has 0 aliphatic carbocycles. The van der Waals surface area contributed by atoms with Crippen molar-refractivity contribution in [1.29, 1.82) is 0 Å². The zero-order valence-corrected chi connectivity index (χ0v) is 13.4. The number of likely N-dealkylation sites (N-methyl/N-ethyl adjacent to an activating group) is 1. The minimum atomic E-state index is 0.0598. The Morgan fingerprint density at radius 2 is 2.24 bits per heavy atom. The van der Waals surface area contributed by atoms with Crippen LogP contribution in [0.5, 0.6) is 0 Å². The second-order valence-corrected chi connectivity index (χ2v) is 5.83. The lowest BCUT2D eigenvalue weighted by Crippen LogP contribution is -2.23. The van der Waals surface area contributed by atoms with Crippen molar-refractivity contribution in [2.75, 3.05) is 20.6 Å². The van der Waals surface area contributed by atoms with E-state index in [1.54, 1.807) is 23.7 Å². The van der Waals surface area contributed by atoms with Gasteiger partial charge in [0.05, 0.1) is 30.6 Å². The predicted octanol–water partition coefficient (Wildman–Crippen LogP) is 0.523. The fourth-order valence-electron chi connectivity index (χ4n) is 1.71. The number of thiazole rings is 1. The largest absolute Gasteiger partial charge is 0.348 e. The summed E-state index contributed by atoms with van der Waals surface area (Å²) in [5, 5.41) is 14.2. The second kappa shape index (κ2) is 7.28. The van der Waals surface area contributed by atoms with Crippen LogP contribution in [0.1, 0.15) is 23.3 Å². The van der Waals surface area contributed by atoms with E-state index in [1.807, 2.05) is 11.6 Å². The maximum atomic E-state index is 11.6. The van der Waals surface area contributed by atoms with Crippen LogP contribution in [0, 0.1) is 0 Å². The number of carbonyl (C=O) groups excluding carboxylic acids is 1. The molecule has 0 aliphatic heterocycles. The topological polar surface area (TPSA) is 75.9 Å². The molecule has 0 bridgehead atoms. The zero-order chi connectivity index (χ0) is 15.2. The van der Waals surface area contributed by atoms with Crippen LogP contribution < -0.4 is 5.32 Å². The van der Waals surface area contributed by atoms with Gasteiger partial charge in [0.25, 0.3) is 0 Å². The molecule has 1 N–H and O–H groups in total. The van der Waals surface area contributed by atoms with Crippen molar-refractivity contribution in [2.24, 2.45) is 0 Å². The van der Waals surface area contributed by atoms with Crippen molar-refractivity contribution in [1.82, 2.24) is 30.2 Å². The summed E-state index contributed by atoms with van der Waals surface area (Å²) in [6.07, 6.45) is 2.26. The molecular weight excluding hydrogens is 288 g/mol. The summed E-state index contributed by atoms with van der Waals surface area (Å²) in [6, 6.07) is 0. The van der Waals surface area contributed by atoms with E-state index in [0.717, 1.165) is 29.5 Å². The lowest BCUT2D eigenvalue weighted by molar-refractivity contribution is -0.127. The fraction of sp³-hybridized carbons (Fsp3) is 0.538. The van der Waals surface area contributed by atoms with Crippen LogP contribution in [-0.2, 0) is 24.3 Å². The first-order valence-electron chi connectivity index (χ1n) is 6.81. The van der Waals surface area contributed by atoms with E-state index < -0.39 is 0 Å². The smallest absolute Gasteiger partial charge is 0.228 e. The fourth-order valence-corrected chi connectivity index (χ4v) is 2.48. The van der Waals surface area contributed by atoms with Crippen molar-refractivity contribution < 1.29 is 4.79 Å². The van der Waals surface area contributed by atoms with E-state index >= 15 is 0 Å². The highest BCUT2D eigenvalue weighted by Crippen LogP contribution is 2.12. The molecule has 0 fully saturated rings. The number of aromatic nitrogens is 4. The molecule has 0 saturated heterocycles. The molecule has 8 heteroatoms. The summed E-state index contributed by atoms with van der Waals surface area (Å²) >= 11 is 1.50. The van der Waals surface area contributed by atoms with E-state index in [2.05, 4.69) is 27.5 Å². The summed E-state index contributed by atoms with van der Waals surface area (Å²) < 4.78 is 1.76. The van der Waals surface area contributed by atoms with Crippen molar-refractivity contribution in [2.45, 2.75) is 26.4 Å². The highest BCUT2D eigenvalue weighted by Gasteiger charge is 2.10. The predicted molar refractivity (Wildman–Crippen MR) is 81.0 cm³/mol. The Kier molecular flexibility index (Phi) is 5.40. The van der Waals surface area contributed by atoms with Gasteiger partial charge >= 0.3 is 0 Å². The first kappa shape index (κ1) is 15.6. The summed E-state index contributed by atoms with van der Waals surface area (Å²) in [6.45, 7) is 4.25. The quantitative estimate of drug-likeness (QED) is 0.807. The van der Waals surface area contributed by atoms with E-state index in [1.165, 1.54) is 11.3 Å². The Morgan fingerprint density at radius 3 is 2.95 bits per heavy atom. The first-order chi connectivity index (χ1) is 10.1. The maximum Gasteiger partial charge on any atom is 0.228 e. The minimum absolute atomic E-state index is 0.0598. The molecule has 2 aromatic rings. The molecule has 7 nitrogen and oxygen atoms in total. The molecule has 0 radical (unpaired) electrons. The third-order valence-corrected chi connectivity index (χ3v) is 3.76. The number of amides is 1.